The molecule has 0 bridgehead atoms. The second-order valence-corrected chi connectivity index (χ2v) is 7.62. The monoisotopic (exact) mass is 385 g/mol. The number of nitrogens with zero attached hydrogens (tertiary/aromatic N) is 1. The summed E-state index contributed by atoms with van der Waals surface area (Å²) in [5.74, 6) is 1.53. The van der Waals surface area contributed by atoms with Gasteiger partial charge in [-0.15, -0.1) is 0 Å². The Hall–Kier alpha value is -2.57. The normalized spacial score (nSPS) is 19.7. The van der Waals surface area contributed by atoms with Gasteiger partial charge in [0.25, 0.3) is 0 Å². The SMILES string of the molecule is CN=C(NCCNC(=O)CC1CCCC1)NCC1CC(=O)Nc2ccccc21. The van der Waals surface area contributed by atoms with Crippen LogP contribution in [0.3, 0.4) is 0 Å². The molecule has 1 saturated carbocycles. The molecule has 1 fully saturated rings. The summed E-state index contributed by atoms with van der Waals surface area (Å²) in [6, 6.07) is 7.90. The van der Waals surface area contributed by atoms with E-state index in [0.717, 1.165) is 11.3 Å². The van der Waals surface area contributed by atoms with Crippen LogP contribution in [0.25, 0.3) is 0 Å². The van der Waals surface area contributed by atoms with E-state index in [4.69, 9.17) is 0 Å². The van der Waals surface area contributed by atoms with Crippen LogP contribution in [0.1, 0.15) is 50.0 Å². The first-order valence-electron chi connectivity index (χ1n) is 10.3. The lowest BCUT2D eigenvalue weighted by Gasteiger charge is -2.26. The Bertz CT molecular complexity index is 713. The van der Waals surface area contributed by atoms with Crippen molar-refractivity contribution in [2.24, 2.45) is 10.9 Å². The number of amides is 2. The number of hydrogen-bond acceptors (Lipinski definition) is 3. The number of hydrogen-bond donors (Lipinski definition) is 4. The molecule has 0 radical (unpaired) electrons. The van der Waals surface area contributed by atoms with E-state index >= 15 is 0 Å². The Labute approximate surface area is 166 Å². The summed E-state index contributed by atoms with van der Waals surface area (Å²) in [5, 5.41) is 12.4. The van der Waals surface area contributed by atoms with Gasteiger partial charge >= 0.3 is 0 Å². The lowest BCUT2D eigenvalue weighted by Crippen LogP contribution is -2.43. The lowest BCUT2D eigenvalue weighted by molar-refractivity contribution is -0.122. The Morgan fingerprint density at radius 1 is 1.14 bits per heavy atom. The van der Waals surface area contributed by atoms with Gasteiger partial charge in [-0.1, -0.05) is 31.0 Å². The first-order chi connectivity index (χ1) is 13.7. The van der Waals surface area contributed by atoms with Crippen molar-refractivity contribution in [2.45, 2.75) is 44.4 Å². The molecule has 7 nitrogen and oxygen atoms in total. The maximum absolute atomic E-state index is 12.0. The van der Waals surface area contributed by atoms with Crippen molar-refractivity contribution in [1.29, 1.82) is 0 Å². The average molecular weight is 386 g/mol. The van der Waals surface area contributed by atoms with Gasteiger partial charge < -0.3 is 21.3 Å². The summed E-state index contributed by atoms with van der Waals surface area (Å²) in [6.07, 6.45) is 5.99. The third-order valence-corrected chi connectivity index (χ3v) is 5.53. The molecule has 0 spiro atoms. The third-order valence-electron chi connectivity index (χ3n) is 5.53. The minimum Gasteiger partial charge on any atom is -0.356 e. The number of anilines is 1. The zero-order chi connectivity index (χ0) is 19.8. The Morgan fingerprint density at radius 3 is 2.68 bits per heavy atom. The van der Waals surface area contributed by atoms with Crippen LogP contribution in [-0.2, 0) is 9.59 Å². The van der Waals surface area contributed by atoms with Gasteiger partial charge in [0.1, 0.15) is 0 Å². The fourth-order valence-electron chi connectivity index (χ4n) is 4.06. The molecular weight excluding hydrogens is 354 g/mol. The molecule has 2 amide bonds. The molecule has 1 aliphatic carbocycles. The van der Waals surface area contributed by atoms with Crippen LogP contribution >= 0.6 is 0 Å². The van der Waals surface area contributed by atoms with E-state index in [1.165, 1.54) is 25.7 Å². The molecule has 4 N–H and O–H groups in total. The second kappa shape index (κ2) is 10.1. The highest BCUT2D eigenvalue weighted by atomic mass is 16.2. The van der Waals surface area contributed by atoms with Gasteiger partial charge in [0, 0.05) is 51.1 Å². The summed E-state index contributed by atoms with van der Waals surface area (Å²) in [4.78, 5) is 28.1. The standard InChI is InChI=1S/C21H31N5O2/c1-22-21(24-11-10-23-19(27)12-15-6-2-3-7-15)25-14-16-13-20(28)26-18-9-5-4-8-17(16)18/h4-5,8-9,15-16H,2-3,6-7,10-14H2,1H3,(H,23,27)(H,26,28)(H2,22,24,25). The van der Waals surface area contributed by atoms with Gasteiger partial charge in [-0.05, 0) is 30.4 Å². The van der Waals surface area contributed by atoms with Crippen LogP contribution in [0.5, 0.6) is 0 Å². The van der Waals surface area contributed by atoms with E-state index in [2.05, 4.69) is 32.3 Å². The van der Waals surface area contributed by atoms with E-state index in [1.807, 2.05) is 18.2 Å². The number of guanidine groups is 1. The number of carbonyl (C=O) groups is 2. The van der Waals surface area contributed by atoms with Crippen molar-refractivity contribution in [3.63, 3.8) is 0 Å². The highest BCUT2D eigenvalue weighted by Crippen LogP contribution is 2.31. The second-order valence-electron chi connectivity index (χ2n) is 7.62. The largest absolute Gasteiger partial charge is 0.356 e. The molecule has 3 rings (SSSR count). The zero-order valence-corrected chi connectivity index (χ0v) is 16.6. The van der Waals surface area contributed by atoms with Gasteiger partial charge in [-0.2, -0.15) is 0 Å². The maximum atomic E-state index is 12.0. The molecule has 7 heteroatoms. The highest BCUT2D eigenvalue weighted by molar-refractivity contribution is 5.94. The molecule has 28 heavy (non-hydrogen) atoms. The van der Waals surface area contributed by atoms with E-state index in [1.54, 1.807) is 7.05 Å². The predicted octanol–water partition coefficient (Wildman–Crippen LogP) is 1.97. The van der Waals surface area contributed by atoms with Crippen molar-refractivity contribution >= 4 is 23.5 Å². The maximum Gasteiger partial charge on any atom is 0.225 e. The number of fused-ring (bicyclic) bond motifs is 1. The number of carbonyl (C=O) groups excluding carboxylic acids is 2. The summed E-state index contributed by atoms with van der Waals surface area (Å²) in [5.41, 5.74) is 2.03. The first kappa shape index (κ1) is 20.2. The topological polar surface area (TPSA) is 94.6 Å². The van der Waals surface area contributed by atoms with E-state index in [9.17, 15) is 9.59 Å². The van der Waals surface area contributed by atoms with Gasteiger partial charge in [0.05, 0.1) is 0 Å². The number of para-hydroxylation sites is 1. The fraction of sp³-hybridized carbons (Fsp3) is 0.571. The van der Waals surface area contributed by atoms with Crippen molar-refractivity contribution in [3.8, 4) is 0 Å². The third kappa shape index (κ3) is 5.71. The molecule has 1 heterocycles. The Balaban J connectivity index is 1.38. The lowest BCUT2D eigenvalue weighted by atomic mass is 9.90. The molecule has 0 saturated heterocycles. The van der Waals surface area contributed by atoms with Gasteiger partial charge in [0.2, 0.25) is 11.8 Å². The van der Waals surface area contributed by atoms with Crippen LogP contribution < -0.4 is 21.3 Å². The molecule has 1 unspecified atom stereocenters. The Kier molecular flexibility index (Phi) is 7.28. The number of nitrogens with one attached hydrogen (secondary N) is 4. The van der Waals surface area contributed by atoms with Gasteiger partial charge in [-0.3, -0.25) is 14.6 Å². The minimum absolute atomic E-state index is 0.0402. The molecule has 1 aromatic rings. The molecule has 1 aliphatic heterocycles. The first-order valence-corrected chi connectivity index (χ1v) is 10.3. The molecule has 1 atom stereocenters. The van der Waals surface area contributed by atoms with Crippen molar-refractivity contribution in [3.05, 3.63) is 29.8 Å². The molecule has 1 aromatic carbocycles. The molecule has 0 aromatic heterocycles. The van der Waals surface area contributed by atoms with Gasteiger partial charge in [-0.25, -0.2) is 0 Å². The van der Waals surface area contributed by atoms with Crippen molar-refractivity contribution in [1.82, 2.24) is 16.0 Å². The quantitative estimate of drug-likeness (QED) is 0.328. The van der Waals surface area contributed by atoms with Crippen LogP contribution in [0.15, 0.2) is 29.3 Å². The molecular formula is C21H31N5O2. The van der Waals surface area contributed by atoms with E-state index < -0.39 is 0 Å². The van der Waals surface area contributed by atoms with E-state index in [-0.39, 0.29) is 17.7 Å². The molecule has 152 valence electrons. The summed E-state index contributed by atoms with van der Waals surface area (Å²) < 4.78 is 0. The number of benzene rings is 1. The minimum atomic E-state index is 0.0402. The van der Waals surface area contributed by atoms with Crippen molar-refractivity contribution in [2.75, 3.05) is 32.0 Å². The predicted molar refractivity (Wildman–Crippen MR) is 111 cm³/mol. The average Bonchev–Trinajstić information content (AvgIpc) is 3.20. The summed E-state index contributed by atoms with van der Waals surface area (Å²) in [6.45, 7) is 1.80. The van der Waals surface area contributed by atoms with Crippen LogP contribution in [0, 0.1) is 5.92 Å². The van der Waals surface area contributed by atoms with Crippen LogP contribution in [-0.4, -0.2) is 44.5 Å². The summed E-state index contributed by atoms with van der Waals surface area (Å²) in [7, 11) is 1.72. The van der Waals surface area contributed by atoms with Crippen molar-refractivity contribution < 1.29 is 9.59 Å². The number of aliphatic imine (C=N–C) groups is 1. The zero-order valence-electron chi connectivity index (χ0n) is 16.6. The number of rotatable bonds is 7. The fourth-order valence-corrected chi connectivity index (χ4v) is 4.06. The van der Waals surface area contributed by atoms with Crippen LogP contribution in [0.4, 0.5) is 5.69 Å². The van der Waals surface area contributed by atoms with E-state index in [0.29, 0.717) is 44.4 Å². The Morgan fingerprint density at radius 2 is 1.89 bits per heavy atom. The summed E-state index contributed by atoms with van der Waals surface area (Å²) >= 11 is 0. The highest BCUT2D eigenvalue weighted by Gasteiger charge is 2.24. The molecule has 2 aliphatic rings. The smallest absolute Gasteiger partial charge is 0.225 e. The van der Waals surface area contributed by atoms with Crippen LogP contribution in [0.2, 0.25) is 0 Å². The van der Waals surface area contributed by atoms with Gasteiger partial charge in [0.15, 0.2) is 5.96 Å².